The van der Waals surface area contributed by atoms with Gasteiger partial charge in [0, 0.05) is 17.7 Å². The van der Waals surface area contributed by atoms with Crippen molar-refractivity contribution in [2.75, 3.05) is 17.2 Å². The smallest absolute Gasteiger partial charge is 0.226 e. The number of halogens is 1. The van der Waals surface area contributed by atoms with Crippen LogP contribution in [0.1, 0.15) is 32.1 Å². The Balaban J connectivity index is 2.80. The van der Waals surface area contributed by atoms with E-state index in [0.29, 0.717) is 12.8 Å². The van der Waals surface area contributed by atoms with Crippen molar-refractivity contribution in [3.8, 4) is 0 Å². The lowest BCUT2D eigenvalue weighted by atomic mass is 9.84. The number of rotatable bonds is 5. The van der Waals surface area contributed by atoms with E-state index in [-0.39, 0.29) is 5.88 Å². The molecule has 1 N–H and O–H groups in total. The molecule has 0 aromatic carbocycles. The molecule has 1 aliphatic rings. The molecule has 0 bridgehead atoms. The predicted octanol–water partition coefficient (Wildman–Crippen LogP) is 0.850. The van der Waals surface area contributed by atoms with Gasteiger partial charge in [0.1, 0.15) is 0 Å². The molecule has 5 nitrogen and oxygen atoms in total. The molecule has 0 spiro atoms. The van der Waals surface area contributed by atoms with Gasteiger partial charge < -0.3 is 0 Å². The van der Waals surface area contributed by atoms with Crippen LogP contribution in [-0.4, -0.2) is 39.6 Å². The fourth-order valence-electron chi connectivity index (χ4n) is 2.13. The molecule has 102 valence electrons. The second kappa shape index (κ2) is 5.42. The Hall–Kier alpha value is 0.150. The molecule has 1 saturated carbocycles. The van der Waals surface area contributed by atoms with Crippen LogP contribution in [0.15, 0.2) is 0 Å². The Morgan fingerprint density at radius 2 is 1.65 bits per heavy atom. The first-order valence-electron chi connectivity index (χ1n) is 5.43. The van der Waals surface area contributed by atoms with Crippen molar-refractivity contribution in [1.29, 1.82) is 0 Å². The van der Waals surface area contributed by atoms with E-state index in [1.165, 1.54) is 0 Å². The van der Waals surface area contributed by atoms with Gasteiger partial charge in [-0.25, -0.2) is 21.6 Å². The van der Waals surface area contributed by atoms with Gasteiger partial charge in [-0.2, -0.15) is 0 Å². The van der Waals surface area contributed by atoms with E-state index in [9.17, 15) is 16.8 Å². The Bertz CT molecular complexity index is 451. The highest BCUT2D eigenvalue weighted by Crippen LogP contribution is 2.30. The highest BCUT2D eigenvalue weighted by atomic mass is 35.5. The summed E-state index contributed by atoms with van der Waals surface area (Å²) in [7, 11) is -7.39. The van der Waals surface area contributed by atoms with E-state index in [1.807, 2.05) is 0 Å². The summed E-state index contributed by atoms with van der Waals surface area (Å²) in [5.41, 5.74) is -0.663. The Kier molecular flexibility index (Phi) is 4.85. The zero-order chi connectivity index (χ0) is 13.2. The minimum Gasteiger partial charge on any atom is -0.228 e. The van der Waals surface area contributed by atoms with Crippen LogP contribution in [-0.2, 0) is 19.9 Å². The molecule has 0 radical (unpaired) electrons. The van der Waals surface area contributed by atoms with Crippen LogP contribution in [0, 0.1) is 0 Å². The van der Waals surface area contributed by atoms with Crippen molar-refractivity contribution in [1.82, 2.24) is 4.72 Å². The first kappa shape index (κ1) is 15.2. The summed E-state index contributed by atoms with van der Waals surface area (Å²) < 4.78 is 48.0. The van der Waals surface area contributed by atoms with Gasteiger partial charge in [0.25, 0.3) is 0 Å². The molecule has 1 rings (SSSR count). The van der Waals surface area contributed by atoms with Crippen molar-refractivity contribution in [3.05, 3.63) is 0 Å². The number of sulfone groups is 1. The van der Waals surface area contributed by atoms with Gasteiger partial charge in [0.05, 0.1) is 0 Å². The normalized spacial score (nSPS) is 21.3. The maximum Gasteiger partial charge on any atom is 0.226 e. The summed E-state index contributed by atoms with van der Waals surface area (Å²) in [6, 6.07) is 0. The molecule has 17 heavy (non-hydrogen) atoms. The predicted molar refractivity (Wildman–Crippen MR) is 68.3 cm³/mol. The molecule has 0 saturated heterocycles. The highest BCUT2D eigenvalue weighted by Gasteiger charge is 2.36. The largest absolute Gasteiger partial charge is 0.228 e. The molecule has 0 aromatic heterocycles. The Labute approximate surface area is 108 Å². The molecule has 0 aliphatic heterocycles. The molecular weight excluding hydrogens is 286 g/mol. The topological polar surface area (TPSA) is 80.3 Å². The minimum atomic E-state index is -3.83. The van der Waals surface area contributed by atoms with Gasteiger partial charge in [-0.1, -0.05) is 19.3 Å². The van der Waals surface area contributed by atoms with E-state index >= 15 is 0 Å². The summed E-state index contributed by atoms with van der Waals surface area (Å²) in [5.74, 6) is 0.177. The van der Waals surface area contributed by atoms with Crippen molar-refractivity contribution >= 4 is 31.5 Å². The van der Waals surface area contributed by atoms with Crippen LogP contribution in [0.3, 0.4) is 0 Å². The lowest BCUT2D eigenvalue weighted by molar-refractivity contribution is 0.298. The number of nitrogens with one attached hydrogen (secondary N) is 1. The van der Waals surface area contributed by atoms with Crippen LogP contribution < -0.4 is 4.72 Å². The fourth-order valence-corrected chi connectivity index (χ4v) is 5.97. The van der Waals surface area contributed by atoms with Crippen molar-refractivity contribution in [2.24, 2.45) is 0 Å². The molecule has 0 unspecified atom stereocenters. The van der Waals surface area contributed by atoms with Crippen LogP contribution in [0.4, 0.5) is 0 Å². The summed E-state index contributed by atoms with van der Waals surface area (Å²) in [6.07, 6.45) is 5.12. The van der Waals surface area contributed by atoms with Gasteiger partial charge in [-0.3, -0.25) is 0 Å². The summed E-state index contributed by atoms with van der Waals surface area (Å²) in [6.45, 7) is 0. The standard InChI is InChI=1S/C9H18ClNO4S2/c1-16(12,13)8-17(14,15)11-9(7-10)5-3-2-4-6-9/h11H,2-8H2,1H3. The van der Waals surface area contributed by atoms with Gasteiger partial charge in [0.15, 0.2) is 14.9 Å². The van der Waals surface area contributed by atoms with Crippen molar-refractivity contribution < 1.29 is 16.8 Å². The maximum absolute atomic E-state index is 11.7. The van der Waals surface area contributed by atoms with Crippen LogP contribution in [0.2, 0.25) is 0 Å². The van der Waals surface area contributed by atoms with Gasteiger partial charge in [-0.15, -0.1) is 11.6 Å². The van der Waals surface area contributed by atoms with E-state index in [4.69, 9.17) is 11.6 Å². The van der Waals surface area contributed by atoms with Gasteiger partial charge >= 0.3 is 0 Å². The Morgan fingerprint density at radius 1 is 1.12 bits per heavy atom. The third-order valence-electron chi connectivity index (χ3n) is 2.81. The maximum atomic E-state index is 11.7. The first-order chi connectivity index (χ1) is 7.68. The zero-order valence-electron chi connectivity index (χ0n) is 9.78. The van der Waals surface area contributed by atoms with Crippen molar-refractivity contribution in [3.63, 3.8) is 0 Å². The highest BCUT2D eigenvalue weighted by molar-refractivity contribution is 8.06. The molecule has 0 amide bonds. The lowest BCUT2D eigenvalue weighted by Crippen LogP contribution is -2.52. The number of hydrogen-bond acceptors (Lipinski definition) is 4. The molecule has 0 aromatic rings. The third kappa shape index (κ3) is 5.11. The third-order valence-corrected chi connectivity index (χ3v) is 7.02. The fraction of sp³-hybridized carbons (Fsp3) is 1.00. The first-order valence-corrected chi connectivity index (χ1v) is 9.68. The summed E-state index contributed by atoms with van der Waals surface area (Å²) >= 11 is 5.84. The van der Waals surface area contributed by atoms with Crippen LogP contribution in [0.25, 0.3) is 0 Å². The van der Waals surface area contributed by atoms with Crippen LogP contribution in [0.5, 0.6) is 0 Å². The molecular formula is C9H18ClNO4S2. The minimum absolute atomic E-state index is 0.177. The quantitative estimate of drug-likeness (QED) is 0.764. The van der Waals surface area contributed by atoms with E-state index in [0.717, 1.165) is 25.5 Å². The molecule has 0 atom stereocenters. The molecule has 1 aliphatic carbocycles. The summed E-state index contributed by atoms with van der Waals surface area (Å²) in [5, 5.41) is -0.876. The number of alkyl halides is 1. The zero-order valence-corrected chi connectivity index (χ0v) is 12.2. The SMILES string of the molecule is CS(=O)(=O)CS(=O)(=O)NC1(CCl)CCCCC1. The van der Waals surface area contributed by atoms with E-state index < -0.39 is 30.5 Å². The summed E-state index contributed by atoms with van der Waals surface area (Å²) in [4.78, 5) is 0. The number of hydrogen-bond donors (Lipinski definition) is 1. The second-order valence-corrected chi connectivity index (χ2v) is 9.23. The van der Waals surface area contributed by atoms with Crippen LogP contribution >= 0.6 is 11.6 Å². The molecule has 0 heterocycles. The number of sulfonamides is 1. The van der Waals surface area contributed by atoms with Gasteiger partial charge in [0.2, 0.25) is 10.0 Å². The molecule has 1 fully saturated rings. The van der Waals surface area contributed by atoms with E-state index in [2.05, 4.69) is 4.72 Å². The van der Waals surface area contributed by atoms with Gasteiger partial charge in [-0.05, 0) is 12.8 Å². The monoisotopic (exact) mass is 303 g/mol. The van der Waals surface area contributed by atoms with Crippen molar-refractivity contribution in [2.45, 2.75) is 37.6 Å². The Morgan fingerprint density at radius 3 is 2.06 bits per heavy atom. The average molecular weight is 304 g/mol. The second-order valence-electron chi connectivity index (χ2n) is 4.74. The molecule has 8 heteroatoms. The van der Waals surface area contributed by atoms with E-state index in [1.54, 1.807) is 0 Å². The lowest BCUT2D eigenvalue weighted by Gasteiger charge is -2.35. The average Bonchev–Trinajstić information content (AvgIpc) is 2.14.